The summed E-state index contributed by atoms with van der Waals surface area (Å²) >= 11 is 0. The summed E-state index contributed by atoms with van der Waals surface area (Å²) in [4.78, 5) is 39.0. The molecule has 2 aromatic heterocycles. The summed E-state index contributed by atoms with van der Waals surface area (Å²) in [6.45, 7) is 2.90. The summed E-state index contributed by atoms with van der Waals surface area (Å²) < 4.78 is 11.1. The number of carbonyl (C=O) groups excluding carboxylic acids is 2. The first kappa shape index (κ1) is 21.4. The van der Waals surface area contributed by atoms with Gasteiger partial charge in [0, 0.05) is 43.8 Å². The number of aryl methyl sites for hydroxylation is 1. The van der Waals surface area contributed by atoms with Crippen LogP contribution in [0.4, 0.5) is 10.6 Å². The van der Waals surface area contributed by atoms with Crippen LogP contribution in [0.25, 0.3) is 5.57 Å². The highest BCUT2D eigenvalue weighted by Crippen LogP contribution is 2.39. The first-order chi connectivity index (χ1) is 15.5. The first-order valence-electron chi connectivity index (χ1n) is 10.1. The molecular formula is C22H24N6O4. The maximum absolute atomic E-state index is 12.6. The number of pyridine rings is 2. The number of aliphatic imine (C=N–C) groups is 1. The average molecular weight is 436 g/mol. The molecular weight excluding hydrogens is 412 g/mol. The van der Waals surface area contributed by atoms with Crippen molar-refractivity contribution in [1.29, 1.82) is 0 Å². The third-order valence-electron chi connectivity index (χ3n) is 5.49. The lowest BCUT2D eigenvalue weighted by Crippen LogP contribution is -2.50. The Morgan fingerprint density at radius 2 is 2.19 bits per heavy atom. The number of likely N-dealkylation sites (tertiary alicyclic amines) is 1. The van der Waals surface area contributed by atoms with Crippen LogP contribution in [-0.4, -0.2) is 59.8 Å². The lowest BCUT2D eigenvalue weighted by molar-refractivity contribution is -0.159. The molecule has 0 aromatic carbocycles. The van der Waals surface area contributed by atoms with Gasteiger partial charge in [-0.05, 0) is 31.5 Å². The zero-order valence-electron chi connectivity index (χ0n) is 17.9. The summed E-state index contributed by atoms with van der Waals surface area (Å²) in [7, 11) is 1.65. The number of rotatable bonds is 5. The van der Waals surface area contributed by atoms with Gasteiger partial charge in [0.15, 0.2) is 0 Å². The van der Waals surface area contributed by atoms with Crippen molar-refractivity contribution >= 4 is 29.5 Å². The van der Waals surface area contributed by atoms with Gasteiger partial charge < -0.3 is 15.2 Å². The third kappa shape index (κ3) is 4.04. The van der Waals surface area contributed by atoms with Crippen LogP contribution in [-0.2, 0) is 9.53 Å². The maximum atomic E-state index is 12.6. The highest BCUT2D eigenvalue weighted by atomic mass is 16.5. The Bertz CT molecular complexity index is 1110. The second-order valence-corrected chi connectivity index (χ2v) is 7.68. The molecule has 10 nitrogen and oxygen atoms in total. The SMILES string of the molecule is CN=CC(=CN)c1cc(Oc2ccc(NC(=O)N3CCC4(COC4)C3=O)nc2C)ccn1. The standard InChI is InChI=1S/C22H24N6O4/c1-14-18(32-16-5-7-25-17(9-16)15(10-23)11-24-2)3-4-19(26-14)27-21(30)28-8-6-22(20(28)29)12-31-13-22/h3-5,7,9-11H,6,8,12-13,23H2,1-2H3,(H,26,27,30). The summed E-state index contributed by atoms with van der Waals surface area (Å²) in [5, 5.41) is 2.69. The van der Waals surface area contributed by atoms with E-state index in [1.807, 2.05) is 0 Å². The van der Waals surface area contributed by atoms with Gasteiger partial charge in [0.25, 0.3) is 0 Å². The van der Waals surface area contributed by atoms with Crippen molar-refractivity contribution in [3.63, 3.8) is 0 Å². The number of carbonyl (C=O) groups is 2. The van der Waals surface area contributed by atoms with Crippen LogP contribution in [0.1, 0.15) is 17.8 Å². The van der Waals surface area contributed by atoms with Crippen LogP contribution in [0.2, 0.25) is 0 Å². The van der Waals surface area contributed by atoms with E-state index in [0.29, 0.717) is 60.5 Å². The monoisotopic (exact) mass is 436 g/mol. The van der Waals surface area contributed by atoms with E-state index in [1.165, 1.54) is 11.1 Å². The smallest absolute Gasteiger partial charge is 0.329 e. The minimum Gasteiger partial charge on any atom is -0.455 e. The van der Waals surface area contributed by atoms with E-state index in [1.54, 1.807) is 50.6 Å². The molecule has 0 saturated carbocycles. The van der Waals surface area contributed by atoms with Gasteiger partial charge in [-0.25, -0.2) is 9.78 Å². The van der Waals surface area contributed by atoms with Crippen LogP contribution in [0.3, 0.4) is 0 Å². The van der Waals surface area contributed by atoms with E-state index < -0.39 is 11.4 Å². The molecule has 1 spiro atoms. The fourth-order valence-electron chi connectivity index (χ4n) is 3.63. The van der Waals surface area contributed by atoms with Crippen molar-refractivity contribution in [3.8, 4) is 11.5 Å². The van der Waals surface area contributed by atoms with Gasteiger partial charge in [-0.1, -0.05) is 0 Å². The largest absolute Gasteiger partial charge is 0.455 e. The van der Waals surface area contributed by atoms with Gasteiger partial charge in [-0.2, -0.15) is 0 Å². The molecule has 2 aliphatic rings. The fourth-order valence-corrected chi connectivity index (χ4v) is 3.63. The number of hydrogen-bond acceptors (Lipinski definition) is 8. The molecule has 0 atom stereocenters. The van der Waals surface area contributed by atoms with Crippen LogP contribution in [0, 0.1) is 12.3 Å². The number of amides is 3. The molecule has 32 heavy (non-hydrogen) atoms. The molecule has 166 valence electrons. The molecule has 2 aromatic rings. The van der Waals surface area contributed by atoms with E-state index in [0.717, 1.165) is 0 Å². The Morgan fingerprint density at radius 3 is 2.81 bits per heavy atom. The number of ether oxygens (including phenoxy) is 2. The van der Waals surface area contributed by atoms with E-state index in [4.69, 9.17) is 15.2 Å². The Balaban J connectivity index is 1.44. The molecule has 3 amide bonds. The molecule has 2 fully saturated rings. The Kier molecular flexibility index (Phi) is 5.87. The van der Waals surface area contributed by atoms with Gasteiger partial charge in [0.1, 0.15) is 17.3 Å². The normalized spacial score (nSPS) is 17.6. The lowest BCUT2D eigenvalue weighted by atomic mass is 9.84. The van der Waals surface area contributed by atoms with E-state index in [9.17, 15) is 9.59 Å². The van der Waals surface area contributed by atoms with Crippen molar-refractivity contribution in [1.82, 2.24) is 14.9 Å². The van der Waals surface area contributed by atoms with Crippen LogP contribution >= 0.6 is 0 Å². The molecule has 4 rings (SSSR count). The summed E-state index contributed by atoms with van der Waals surface area (Å²) in [5.74, 6) is 1.22. The molecule has 0 unspecified atom stereocenters. The summed E-state index contributed by atoms with van der Waals surface area (Å²) in [5.41, 5.74) is 6.98. The van der Waals surface area contributed by atoms with Crippen molar-refractivity contribution < 1.29 is 19.1 Å². The predicted molar refractivity (Wildman–Crippen MR) is 118 cm³/mol. The predicted octanol–water partition coefficient (Wildman–Crippen LogP) is 2.36. The zero-order valence-corrected chi connectivity index (χ0v) is 17.9. The Morgan fingerprint density at radius 1 is 1.38 bits per heavy atom. The number of nitrogens with two attached hydrogens (primary N) is 1. The molecule has 10 heteroatoms. The topological polar surface area (TPSA) is 132 Å². The number of allylic oxidation sites excluding steroid dienone is 1. The number of nitrogens with zero attached hydrogens (tertiary/aromatic N) is 4. The van der Waals surface area contributed by atoms with Gasteiger partial charge >= 0.3 is 6.03 Å². The fraction of sp³-hybridized carbons (Fsp3) is 0.318. The van der Waals surface area contributed by atoms with Crippen LogP contribution in [0.5, 0.6) is 11.5 Å². The van der Waals surface area contributed by atoms with E-state index in [-0.39, 0.29) is 5.91 Å². The number of aromatic nitrogens is 2. The minimum atomic E-state index is -0.524. The van der Waals surface area contributed by atoms with E-state index in [2.05, 4.69) is 20.3 Å². The van der Waals surface area contributed by atoms with Crippen molar-refractivity contribution in [2.75, 3.05) is 32.1 Å². The Labute approximate surface area is 185 Å². The highest BCUT2D eigenvalue weighted by Gasteiger charge is 2.53. The van der Waals surface area contributed by atoms with Crippen LogP contribution in [0.15, 0.2) is 41.7 Å². The summed E-state index contributed by atoms with van der Waals surface area (Å²) in [6, 6.07) is 6.30. The van der Waals surface area contributed by atoms with Crippen molar-refractivity contribution in [3.05, 3.63) is 48.1 Å². The summed E-state index contributed by atoms with van der Waals surface area (Å²) in [6.07, 6.45) is 5.27. The average Bonchev–Trinajstić information content (AvgIpc) is 3.12. The van der Waals surface area contributed by atoms with Crippen molar-refractivity contribution in [2.45, 2.75) is 13.3 Å². The second kappa shape index (κ2) is 8.75. The van der Waals surface area contributed by atoms with Gasteiger partial charge in [-0.15, -0.1) is 0 Å². The van der Waals surface area contributed by atoms with Crippen molar-refractivity contribution in [2.24, 2.45) is 16.1 Å². The first-order valence-corrected chi connectivity index (χ1v) is 10.1. The van der Waals surface area contributed by atoms with E-state index >= 15 is 0 Å². The maximum Gasteiger partial charge on any atom is 0.329 e. The van der Waals surface area contributed by atoms with Gasteiger partial charge in [0.2, 0.25) is 5.91 Å². The molecule has 0 aliphatic carbocycles. The number of urea groups is 1. The van der Waals surface area contributed by atoms with Crippen LogP contribution < -0.4 is 15.8 Å². The zero-order chi connectivity index (χ0) is 22.7. The molecule has 0 radical (unpaired) electrons. The quantitative estimate of drug-likeness (QED) is 0.688. The molecule has 2 aliphatic heterocycles. The molecule has 0 bridgehead atoms. The Hall–Kier alpha value is -3.79. The number of anilines is 1. The number of hydrogen-bond donors (Lipinski definition) is 2. The molecule has 4 heterocycles. The number of nitrogens with one attached hydrogen (secondary N) is 1. The minimum absolute atomic E-state index is 0.189. The number of imide groups is 1. The lowest BCUT2D eigenvalue weighted by Gasteiger charge is -2.35. The molecule has 2 saturated heterocycles. The van der Waals surface area contributed by atoms with Gasteiger partial charge in [-0.3, -0.25) is 25.0 Å². The second-order valence-electron chi connectivity index (χ2n) is 7.68. The molecule has 3 N–H and O–H groups in total. The third-order valence-corrected chi connectivity index (χ3v) is 5.49. The highest BCUT2D eigenvalue weighted by molar-refractivity contribution is 6.08. The van der Waals surface area contributed by atoms with Gasteiger partial charge in [0.05, 0.1) is 30.0 Å².